The molecule has 0 aliphatic heterocycles. The summed E-state index contributed by atoms with van der Waals surface area (Å²) >= 11 is 13.6. The molecule has 0 amide bonds. The van der Waals surface area contributed by atoms with Crippen molar-refractivity contribution in [3.05, 3.63) is 73.5 Å². The third-order valence-corrected chi connectivity index (χ3v) is 5.21. The van der Waals surface area contributed by atoms with E-state index in [0.29, 0.717) is 20.6 Å². The van der Waals surface area contributed by atoms with Crippen LogP contribution < -0.4 is 0 Å². The number of rotatable bonds is 3. The van der Waals surface area contributed by atoms with E-state index >= 15 is 0 Å². The molecule has 25 heavy (non-hydrogen) atoms. The third-order valence-electron chi connectivity index (χ3n) is 3.78. The molecule has 0 saturated carbocycles. The van der Waals surface area contributed by atoms with Crippen molar-refractivity contribution in [3.63, 3.8) is 0 Å². The maximum atomic E-state index is 9.54. The van der Waals surface area contributed by atoms with E-state index in [2.05, 4.69) is 43.1 Å². The van der Waals surface area contributed by atoms with Crippen LogP contribution in [-0.2, 0) is 0 Å². The molecule has 2 nitrogen and oxygen atoms in total. The van der Waals surface area contributed by atoms with Gasteiger partial charge in [-0.05, 0) is 43.2 Å². The van der Waals surface area contributed by atoms with Gasteiger partial charge >= 0.3 is 0 Å². The Morgan fingerprint density at radius 1 is 1.16 bits per heavy atom. The molecule has 0 N–H and O–H groups in total. The minimum atomic E-state index is 0.477. The topological polar surface area (TPSA) is 36.7 Å². The van der Waals surface area contributed by atoms with Crippen molar-refractivity contribution >= 4 is 46.2 Å². The van der Waals surface area contributed by atoms with Crippen LogP contribution in [0, 0.1) is 25.2 Å². The van der Waals surface area contributed by atoms with Gasteiger partial charge < -0.3 is 0 Å². The molecule has 1 heterocycles. The van der Waals surface area contributed by atoms with Gasteiger partial charge in [-0.1, -0.05) is 53.0 Å². The molecule has 0 aliphatic rings. The van der Waals surface area contributed by atoms with Crippen LogP contribution in [-0.4, -0.2) is 4.98 Å². The second-order valence-corrected chi connectivity index (χ2v) is 7.39. The summed E-state index contributed by atoms with van der Waals surface area (Å²) in [5, 5.41) is 13.2. The van der Waals surface area contributed by atoms with E-state index in [9.17, 15) is 5.26 Å². The Balaban J connectivity index is 1.99. The Bertz CT molecular complexity index is 1010. The maximum Gasteiger partial charge on any atom is 0.134 e. The first kappa shape index (κ1) is 17.7. The zero-order chi connectivity index (χ0) is 18.0. The van der Waals surface area contributed by atoms with Gasteiger partial charge in [0.25, 0.3) is 0 Å². The van der Waals surface area contributed by atoms with Gasteiger partial charge in [-0.25, -0.2) is 4.98 Å². The van der Waals surface area contributed by atoms with Gasteiger partial charge in [0.15, 0.2) is 0 Å². The highest BCUT2D eigenvalue weighted by Crippen LogP contribution is 2.31. The Morgan fingerprint density at radius 2 is 1.96 bits per heavy atom. The van der Waals surface area contributed by atoms with Crippen LogP contribution in [0.15, 0.2) is 41.8 Å². The van der Waals surface area contributed by atoms with Gasteiger partial charge in [-0.15, -0.1) is 11.3 Å². The Hall–Kier alpha value is -2.12. The Labute approximate surface area is 161 Å². The molecule has 0 saturated heterocycles. The molecule has 5 heteroatoms. The van der Waals surface area contributed by atoms with Crippen LogP contribution >= 0.6 is 34.5 Å². The molecule has 0 unspecified atom stereocenters. The number of nitrogens with zero attached hydrogens (tertiary/aromatic N) is 2. The zero-order valence-electron chi connectivity index (χ0n) is 13.7. The summed E-state index contributed by atoms with van der Waals surface area (Å²) in [6, 6.07) is 13.7. The summed E-state index contributed by atoms with van der Waals surface area (Å²) in [4.78, 5) is 4.64. The van der Waals surface area contributed by atoms with E-state index in [-0.39, 0.29) is 0 Å². The molecule has 3 aromatic rings. The predicted molar refractivity (Wildman–Crippen MR) is 107 cm³/mol. The van der Waals surface area contributed by atoms with E-state index in [1.54, 1.807) is 24.3 Å². The summed E-state index contributed by atoms with van der Waals surface area (Å²) in [6.45, 7) is 4.13. The molecule has 2 aromatic carbocycles. The monoisotopic (exact) mass is 384 g/mol. The zero-order valence-corrected chi connectivity index (χ0v) is 16.0. The number of aromatic nitrogens is 1. The maximum absolute atomic E-state index is 9.54. The Kier molecular flexibility index (Phi) is 5.24. The van der Waals surface area contributed by atoms with E-state index < -0.39 is 0 Å². The fourth-order valence-electron chi connectivity index (χ4n) is 2.54. The first-order chi connectivity index (χ1) is 12.0. The van der Waals surface area contributed by atoms with Crippen molar-refractivity contribution in [1.82, 2.24) is 4.98 Å². The van der Waals surface area contributed by atoms with Crippen molar-refractivity contribution in [2.45, 2.75) is 13.8 Å². The second-order valence-electron chi connectivity index (χ2n) is 5.69. The standard InChI is InChI=1S/C20H14Cl2N2S/c1-12-3-6-17(13(2)7-12)19-11-25-20(24-19)15(10-23)8-14-4-5-16(21)9-18(14)22/h3-9,11H,1-2H3. The van der Waals surface area contributed by atoms with Crippen LogP contribution in [0.5, 0.6) is 0 Å². The fourth-order valence-corrected chi connectivity index (χ4v) is 3.79. The van der Waals surface area contributed by atoms with Gasteiger partial charge in [-0.2, -0.15) is 5.26 Å². The third kappa shape index (κ3) is 3.93. The van der Waals surface area contributed by atoms with Gasteiger partial charge in [0.05, 0.1) is 11.3 Å². The SMILES string of the molecule is Cc1ccc(-c2csc(C(C#N)=Cc3ccc(Cl)cc3Cl)n2)c(C)c1. The van der Waals surface area contributed by atoms with E-state index in [4.69, 9.17) is 23.2 Å². The van der Waals surface area contributed by atoms with E-state index in [1.165, 1.54) is 22.5 Å². The molecule has 0 atom stereocenters. The predicted octanol–water partition coefficient (Wildman–Crippen LogP) is 6.80. The highest BCUT2D eigenvalue weighted by Gasteiger charge is 2.11. The normalized spacial score (nSPS) is 11.4. The van der Waals surface area contributed by atoms with Crippen LogP contribution in [0.1, 0.15) is 21.7 Å². The molecule has 1 aromatic heterocycles. The molecule has 0 bridgehead atoms. The molecular weight excluding hydrogens is 371 g/mol. The van der Waals surface area contributed by atoms with Crippen LogP contribution in [0.2, 0.25) is 10.0 Å². The number of allylic oxidation sites excluding steroid dienone is 1. The molecule has 0 radical (unpaired) electrons. The molecule has 124 valence electrons. The lowest BCUT2D eigenvalue weighted by atomic mass is 10.0. The van der Waals surface area contributed by atoms with E-state index in [1.807, 2.05) is 5.38 Å². The molecule has 3 rings (SSSR count). The molecule has 0 aliphatic carbocycles. The molecular formula is C20H14Cl2N2S. The lowest BCUT2D eigenvalue weighted by Crippen LogP contribution is -1.87. The van der Waals surface area contributed by atoms with Crippen molar-refractivity contribution in [2.75, 3.05) is 0 Å². The summed E-state index contributed by atoms with van der Waals surface area (Å²) in [5.74, 6) is 0. The number of nitriles is 1. The lowest BCUT2D eigenvalue weighted by molar-refractivity contribution is 1.32. The average Bonchev–Trinajstić information content (AvgIpc) is 3.03. The number of halogens is 2. The number of hydrogen-bond donors (Lipinski definition) is 0. The molecule has 0 spiro atoms. The van der Waals surface area contributed by atoms with Gasteiger partial charge in [0.1, 0.15) is 11.1 Å². The lowest BCUT2D eigenvalue weighted by Gasteiger charge is -2.03. The average molecular weight is 385 g/mol. The van der Waals surface area contributed by atoms with Crippen LogP contribution in [0.4, 0.5) is 0 Å². The number of hydrogen-bond acceptors (Lipinski definition) is 3. The largest absolute Gasteiger partial charge is 0.235 e. The first-order valence-corrected chi connectivity index (χ1v) is 9.22. The quantitative estimate of drug-likeness (QED) is 0.465. The highest BCUT2D eigenvalue weighted by atomic mass is 35.5. The van der Waals surface area contributed by atoms with Gasteiger partial charge in [0.2, 0.25) is 0 Å². The van der Waals surface area contributed by atoms with Crippen LogP contribution in [0.3, 0.4) is 0 Å². The van der Waals surface area contributed by atoms with Gasteiger partial charge in [-0.3, -0.25) is 0 Å². The van der Waals surface area contributed by atoms with E-state index in [0.717, 1.165) is 16.8 Å². The summed E-state index contributed by atoms with van der Waals surface area (Å²) in [5.41, 5.74) is 5.55. The highest BCUT2D eigenvalue weighted by molar-refractivity contribution is 7.11. The fraction of sp³-hybridized carbons (Fsp3) is 0.100. The van der Waals surface area contributed by atoms with Crippen molar-refractivity contribution in [2.24, 2.45) is 0 Å². The number of benzene rings is 2. The smallest absolute Gasteiger partial charge is 0.134 e. The van der Waals surface area contributed by atoms with Crippen LogP contribution in [0.25, 0.3) is 22.9 Å². The minimum Gasteiger partial charge on any atom is -0.235 e. The van der Waals surface area contributed by atoms with Crippen molar-refractivity contribution < 1.29 is 0 Å². The van der Waals surface area contributed by atoms with Crippen molar-refractivity contribution in [3.8, 4) is 17.3 Å². The summed E-state index contributed by atoms with van der Waals surface area (Å²) < 4.78 is 0. The number of aryl methyl sites for hydroxylation is 2. The molecule has 0 fully saturated rings. The number of thiazole rings is 1. The second kappa shape index (κ2) is 7.41. The van der Waals surface area contributed by atoms with Gasteiger partial charge in [0, 0.05) is 21.0 Å². The Morgan fingerprint density at radius 3 is 2.64 bits per heavy atom. The summed E-state index contributed by atoms with van der Waals surface area (Å²) in [7, 11) is 0. The van der Waals surface area contributed by atoms with Crippen molar-refractivity contribution in [1.29, 1.82) is 5.26 Å². The minimum absolute atomic E-state index is 0.477. The first-order valence-electron chi connectivity index (χ1n) is 7.58. The summed E-state index contributed by atoms with van der Waals surface area (Å²) in [6.07, 6.45) is 1.74.